The van der Waals surface area contributed by atoms with Crippen molar-refractivity contribution in [2.45, 2.75) is 3.12 Å². The molecule has 0 bridgehead atoms. The van der Waals surface area contributed by atoms with E-state index in [1.54, 1.807) is 30.3 Å². The number of alkyl halides is 4. The van der Waals surface area contributed by atoms with Crippen LogP contribution in [0.2, 0.25) is 0 Å². The molecule has 4 nitrogen and oxygen atoms in total. The zero-order valence-electron chi connectivity index (χ0n) is 9.19. The highest BCUT2D eigenvalue weighted by Gasteiger charge is 2.31. The summed E-state index contributed by atoms with van der Waals surface area (Å²) in [6.07, 6.45) is -0.992. The molecule has 0 spiro atoms. The topological polar surface area (TPSA) is 46.6 Å². The van der Waals surface area contributed by atoms with E-state index in [0.717, 1.165) is 4.31 Å². The summed E-state index contributed by atoms with van der Waals surface area (Å²) in [4.78, 5) is 22.8. The van der Waals surface area contributed by atoms with Crippen LogP contribution in [0.5, 0.6) is 0 Å². The number of esters is 1. The van der Waals surface area contributed by atoms with E-state index in [9.17, 15) is 9.59 Å². The summed E-state index contributed by atoms with van der Waals surface area (Å²) in [5, 5.41) is 0. The molecule has 0 saturated carbocycles. The van der Waals surface area contributed by atoms with Crippen LogP contribution in [0, 0.1) is 0 Å². The number of benzene rings is 1. The molecule has 0 atom stereocenters. The number of ether oxygens (including phenoxy) is 1. The van der Waals surface area contributed by atoms with Gasteiger partial charge in [-0.15, -0.1) is 11.6 Å². The second-order valence-corrected chi connectivity index (χ2v) is 7.42. The van der Waals surface area contributed by atoms with E-state index in [1.165, 1.54) is 0 Å². The van der Waals surface area contributed by atoms with Gasteiger partial charge in [-0.05, 0) is 12.1 Å². The molecule has 0 heterocycles. The minimum atomic E-state index is -1.79. The number of amides is 1. The zero-order valence-corrected chi connectivity index (χ0v) is 13.0. The van der Waals surface area contributed by atoms with Crippen LogP contribution in [0.25, 0.3) is 0 Å². The van der Waals surface area contributed by atoms with Gasteiger partial charge in [-0.25, -0.2) is 9.10 Å². The Bertz CT molecular complexity index is 452. The number of hydrogen-bond donors (Lipinski definition) is 0. The van der Waals surface area contributed by atoms with Crippen molar-refractivity contribution in [3.8, 4) is 0 Å². The number of nitrogens with zero attached hydrogens (tertiary/aromatic N) is 1. The molecule has 0 radical (unpaired) electrons. The number of para-hydroxylation sites is 1. The van der Waals surface area contributed by atoms with Crippen molar-refractivity contribution in [3.05, 3.63) is 30.3 Å². The first-order chi connectivity index (χ1) is 8.83. The molecule has 0 N–H and O–H groups in total. The van der Waals surface area contributed by atoms with Crippen molar-refractivity contribution < 1.29 is 14.3 Å². The largest absolute Gasteiger partial charge is 0.432 e. The molecule has 0 aliphatic heterocycles. The second kappa shape index (κ2) is 7.45. The summed E-state index contributed by atoms with van der Waals surface area (Å²) in [6.45, 7) is 0. The smallest absolute Gasteiger partial charge is 0.374 e. The van der Waals surface area contributed by atoms with E-state index < -0.39 is 21.1 Å². The summed E-state index contributed by atoms with van der Waals surface area (Å²) < 4.78 is 3.64. The molecule has 0 saturated heterocycles. The number of anilines is 1. The molecule has 0 aromatic heterocycles. The molecule has 9 heteroatoms. The fourth-order valence-electron chi connectivity index (χ4n) is 1.03. The highest BCUT2D eigenvalue weighted by molar-refractivity contribution is 8.06. The van der Waals surface area contributed by atoms with Gasteiger partial charge in [-0.3, -0.25) is 4.79 Å². The zero-order chi connectivity index (χ0) is 14.5. The van der Waals surface area contributed by atoms with Crippen LogP contribution >= 0.6 is 58.4 Å². The van der Waals surface area contributed by atoms with Crippen molar-refractivity contribution in [1.29, 1.82) is 0 Å². The Morgan fingerprint density at radius 3 is 2.26 bits per heavy atom. The molecule has 1 amide bonds. The van der Waals surface area contributed by atoms with Gasteiger partial charge in [0.15, 0.2) is 0 Å². The highest BCUT2D eigenvalue weighted by atomic mass is 35.6. The van der Waals surface area contributed by atoms with E-state index >= 15 is 0 Å². The third-order valence-electron chi connectivity index (χ3n) is 1.66. The molecular formula is C10H7Cl4NO3S. The SMILES string of the molecule is O=C(CCl)OC(=O)N(SC(Cl)(Cl)Cl)c1ccccc1. The molecule has 104 valence electrons. The van der Waals surface area contributed by atoms with E-state index in [-0.39, 0.29) is 0 Å². The predicted octanol–water partition coefficient (Wildman–Crippen LogP) is 4.37. The average molecular weight is 363 g/mol. The van der Waals surface area contributed by atoms with Gasteiger partial charge in [-0.2, -0.15) is 0 Å². The van der Waals surface area contributed by atoms with Crippen molar-refractivity contribution in [2.24, 2.45) is 0 Å². The summed E-state index contributed by atoms with van der Waals surface area (Å²) in [5.41, 5.74) is 0.395. The number of rotatable bonds is 3. The maximum atomic E-state index is 11.8. The van der Waals surface area contributed by atoms with Gasteiger partial charge in [0.25, 0.3) is 3.12 Å². The summed E-state index contributed by atoms with van der Waals surface area (Å²) in [5.74, 6) is -1.34. The summed E-state index contributed by atoms with van der Waals surface area (Å²) in [6, 6.07) is 8.29. The van der Waals surface area contributed by atoms with E-state index in [0.29, 0.717) is 17.6 Å². The lowest BCUT2D eigenvalue weighted by molar-refractivity contribution is -0.134. The Morgan fingerprint density at radius 2 is 1.79 bits per heavy atom. The normalized spacial score (nSPS) is 10.9. The van der Waals surface area contributed by atoms with Crippen LogP contribution < -0.4 is 4.31 Å². The Hall–Kier alpha value is -0.330. The van der Waals surface area contributed by atoms with Crippen LogP contribution in [-0.2, 0) is 9.53 Å². The first-order valence-corrected chi connectivity index (χ1v) is 7.19. The highest BCUT2D eigenvalue weighted by Crippen LogP contribution is 2.43. The van der Waals surface area contributed by atoms with E-state index in [1.807, 2.05) is 0 Å². The quantitative estimate of drug-likeness (QED) is 0.346. The van der Waals surface area contributed by atoms with Gasteiger partial charge in [0.2, 0.25) is 0 Å². The first-order valence-electron chi connectivity index (χ1n) is 4.75. The molecule has 0 aliphatic carbocycles. The lowest BCUT2D eigenvalue weighted by Gasteiger charge is -2.23. The summed E-state index contributed by atoms with van der Waals surface area (Å²) >= 11 is 22.7. The lowest BCUT2D eigenvalue weighted by atomic mass is 10.3. The van der Waals surface area contributed by atoms with Crippen LogP contribution in [0.1, 0.15) is 0 Å². The molecule has 0 aliphatic rings. The lowest BCUT2D eigenvalue weighted by Crippen LogP contribution is -2.30. The Balaban J connectivity index is 2.93. The third kappa shape index (κ3) is 6.10. The van der Waals surface area contributed by atoms with Gasteiger partial charge >= 0.3 is 12.1 Å². The maximum absolute atomic E-state index is 11.8. The first kappa shape index (κ1) is 16.7. The average Bonchev–Trinajstić information content (AvgIpc) is 2.35. The van der Waals surface area contributed by atoms with Crippen molar-refractivity contribution in [3.63, 3.8) is 0 Å². The fraction of sp³-hybridized carbons (Fsp3) is 0.200. The molecule has 0 fully saturated rings. The molecule has 19 heavy (non-hydrogen) atoms. The number of halogens is 4. The number of carbonyl (C=O) groups is 2. The van der Waals surface area contributed by atoms with Crippen LogP contribution in [0.4, 0.5) is 10.5 Å². The third-order valence-corrected chi connectivity index (χ3v) is 3.25. The van der Waals surface area contributed by atoms with Crippen LogP contribution in [0.3, 0.4) is 0 Å². The molecule has 1 aromatic rings. The predicted molar refractivity (Wildman–Crippen MR) is 79.0 cm³/mol. The fourth-order valence-corrected chi connectivity index (χ4v) is 2.25. The number of hydrogen-bond acceptors (Lipinski definition) is 4. The minimum Gasteiger partial charge on any atom is -0.374 e. The molecule has 1 aromatic carbocycles. The molecule has 0 unspecified atom stereocenters. The Morgan fingerprint density at radius 1 is 1.21 bits per heavy atom. The maximum Gasteiger partial charge on any atom is 0.432 e. The Labute approximate surface area is 134 Å². The van der Waals surface area contributed by atoms with Crippen molar-refractivity contribution >= 4 is 76.1 Å². The van der Waals surface area contributed by atoms with E-state index in [2.05, 4.69) is 4.74 Å². The van der Waals surface area contributed by atoms with E-state index in [4.69, 9.17) is 46.4 Å². The summed E-state index contributed by atoms with van der Waals surface area (Å²) in [7, 11) is 0. The van der Waals surface area contributed by atoms with Crippen molar-refractivity contribution in [2.75, 3.05) is 10.2 Å². The van der Waals surface area contributed by atoms with Crippen LogP contribution in [-0.4, -0.2) is 21.1 Å². The second-order valence-electron chi connectivity index (χ2n) is 3.04. The van der Waals surface area contributed by atoms with Crippen molar-refractivity contribution in [1.82, 2.24) is 0 Å². The Kier molecular flexibility index (Phi) is 6.56. The standard InChI is InChI=1S/C10H7Cl4NO3S/c11-6-8(16)18-9(17)15(19-10(12,13)14)7-4-2-1-3-5-7/h1-5H,6H2. The minimum absolute atomic E-state index is 0.395. The molecule has 1 rings (SSSR count). The monoisotopic (exact) mass is 361 g/mol. The van der Waals surface area contributed by atoms with Gasteiger partial charge < -0.3 is 4.74 Å². The molecular weight excluding hydrogens is 356 g/mol. The van der Waals surface area contributed by atoms with Gasteiger partial charge in [-0.1, -0.05) is 53.0 Å². The number of carbonyl (C=O) groups excluding carboxylic acids is 2. The van der Waals surface area contributed by atoms with Crippen LogP contribution in [0.15, 0.2) is 30.3 Å². The van der Waals surface area contributed by atoms with Gasteiger partial charge in [0.1, 0.15) is 5.88 Å². The van der Waals surface area contributed by atoms with Gasteiger partial charge in [0, 0.05) is 11.9 Å². The van der Waals surface area contributed by atoms with Gasteiger partial charge in [0.05, 0.1) is 5.69 Å².